The van der Waals surface area contributed by atoms with Crippen LogP contribution in [0.25, 0.3) is 0 Å². The summed E-state index contributed by atoms with van der Waals surface area (Å²) in [6.07, 6.45) is 18.4. The molecule has 2 atom stereocenters. The Kier molecular flexibility index (Phi) is 9.16. The molecule has 0 aromatic carbocycles. The average Bonchev–Trinajstić information content (AvgIpc) is 2.62. The predicted octanol–water partition coefficient (Wildman–Crippen LogP) is 7.84. The van der Waals surface area contributed by atoms with E-state index in [-0.39, 0.29) is 0 Å². The molecule has 0 saturated heterocycles. The molecule has 26 heavy (non-hydrogen) atoms. The zero-order valence-corrected chi connectivity index (χ0v) is 18.3. The first kappa shape index (κ1) is 21.5. The second-order valence-electron chi connectivity index (χ2n) is 7.77. The van der Waals surface area contributed by atoms with Gasteiger partial charge in [0.25, 0.3) is 0 Å². The van der Waals surface area contributed by atoms with Gasteiger partial charge in [-0.15, -0.1) is 0 Å². The summed E-state index contributed by atoms with van der Waals surface area (Å²) in [4.78, 5) is 0. The van der Waals surface area contributed by atoms with E-state index in [1.54, 1.807) is 0 Å². The lowest BCUT2D eigenvalue weighted by Gasteiger charge is -2.27. The molecule has 0 fully saturated rings. The van der Waals surface area contributed by atoms with Crippen LogP contribution in [0, 0.1) is 5.92 Å². The fourth-order valence-electron chi connectivity index (χ4n) is 3.77. The third-order valence-corrected chi connectivity index (χ3v) is 6.04. The Bertz CT molecular complexity index is 569. The maximum absolute atomic E-state index is 6.37. The van der Waals surface area contributed by atoms with Gasteiger partial charge < -0.3 is 9.05 Å². The van der Waals surface area contributed by atoms with Gasteiger partial charge in [-0.05, 0) is 73.7 Å². The van der Waals surface area contributed by atoms with Crippen LogP contribution in [0.15, 0.2) is 46.8 Å². The largest absolute Gasteiger partial charge is 0.447 e. The van der Waals surface area contributed by atoms with Crippen LogP contribution in [0.3, 0.4) is 0 Å². The zero-order chi connectivity index (χ0) is 18.9. The van der Waals surface area contributed by atoms with Gasteiger partial charge in [-0.1, -0.05) is 52.3 Å². The van der Waals surface area contributed by atoms with Gasteiger partial charge in [-0.3, -0.25) is 0 Å². The van der Waals surface area contributed by atoms with Crippen molar-refractivity contribution in [2.24, 2.45) is 5.92 Å². The van der Waals surface area contributed by atoms with E-state index in [9.17, 15) is 0 Å². The highest BCUT2D eigenvalue weighted by atomic mass is 31.2. The molecule has 0 saturated carbocycles. The molecule has 0 spiro atoms. The highest BCUT2D eigenvalue weighted by Crippen LogP contribution is 2.44. The molecule has 0 bridgehead atoms. The van der Waals surface area contributed by atoms with E-state index in [1.165, 1.54) is 23.1 Å². The van der Waals surface area contributed by atoms with Crippen LogP contribution in [0.2, 0.25) is 0 Å². The molecule has 0 aliphatic heterocycles. The highest BCUT2D eigenvalue weighted by Gasteiger charge is 2.21. The fourth-order valence-corrected chi connectivity index (χ4v) is 4.92. The number of rotatable bonds is 10. The van der Waals surface area contributed by atoms with Gasteiger partial charge in [-0.2, -0.15) is 0 Å². The fraction of sp³-hybridized carbons (Fsp3) is 0.652. The van der Waals surface area contributed by atoms with Crippen molar-refractivity contribution in [1.82, 2.24) is 0 Å². The van der Waals surface area contributed by atoms with Crippen molar-refractivity contribution in [3.8, 4) is 0 Å². The van der Waals surface area contributed by atoms with Crippen LogP contribution < -0.4 is 0 Å². The number of hydrogen-bond donors (Lipinski definition) is 0. The molecule has 0 amide bonds. The third kappa shape index (κ3) is 6.39. The van der Waals surface area contributed by atoms with Crippen LogP contribution >= 0.6 is 8.38 Å². The van der Waals surface area contributed by atoms with Crippen molar-refractivity contribution in [2.75, 3.05) is 6.66 Å². The van der Waals surface area contributed by atoms with Gasteiger partial charge in [0.1, 0.15) is 5.76 Å². The first-order valence-electron chi connectivity index (χ1n) is 10.4. The molecule has 2 aliphatic rings. The monoisotopic (exact) mass is 376 g/mol. The Morgan fingerprint density at radius 3 is 2.38 bits per heavy atom. The van der Waals surface area contributed by atoms with Crippen molar-refractivity contribution in [3.05, 3.63) is 46.8 Å². The molecular weight excluding hydrogens is 339 g/mol. The van der Waals surface area contributed by atoms with Crippen LogP contribution in [-0.4, -0.2) is 12.8 Å². The van der Waals surface area contributed by atoms with E-state index >= 15 is 0 Å². The topological polar surface area (TPSA) is 18.5 Å². The van der Waals surface area contributed by atoms with Crippen LogP contribution in [0.1, 0.15) is 79.1 Å². The van der Waals surface area contributed by atoms with Crippen LogP contribution in [0.5, 0.6) is 0 Å². The van der Waals surface area contributed by atoms with Crippen molar-refractivity contribution in [3.63, 3.8) is 0 Å². The number of hydrogen-bond acceptors (Lipinski definition) is 2. The van der Waals surface area contributed by atoms with Gasteiger partial charge in [0, 0.05) is 6.66 Å². The first-order chi connectivity index (χ1) is 12.5. The Morgan fingerprint density at radius 2 is 1.73 bits per heavy atom. The second-order valence-corrected chi connectivity index (χ2v) is 9.05. The Balaban J connectivity index is 2.16. The van der Waals surface area contributed by atoms with Crippen molar-refractivity contribution >= 4 is 8.38 Å². The van der Waals surface area contributed by atoms with E-state index in [0.29, 0.717) is 12.0 Å². The van der Waals surface area contributed by atoms with Gasteiger partial charge in [0.05, 0.1) is 6.10 Å². The minimum atomic E-state index is -0.899. The summed E-state index contributed by atoms with van der Waals surface area (Å²) in [5, 5.41) is 0. The molecule has 0 N–H and O–H groups in total. The first-order valence-corrected chi connectivity index (χ1v) is 12.0. The Labute approximate surface area is 162 Å². The van der Waals surface area contributed by atoms with E-state index in [4.69, 9.17) is 9.05 Å². The zero-order valence-electron chi connectivity index (χ0n) is 17.4. The van der Waals surface area contributed by atoms with Crippen LogP contribution in [0.4, 0.5) is 0 Å². The molecular formula is C23H37O2P. The van der Waals surface area contributed by atoms with Crippen molar-refractivity contribution < 1.29 is 9.05 Å². The third-order valence-electron chi connectivity index (χ3n) is 4.99. The molecule has 3 heteroatoms. The minimum absolute atomic E-state index is 0.301. The van der Waals surface area contributed by atoms with Crippen molar-refractivity contribution in [2.45, 2.75) is 85.2 Å². The SMILES string of the molecule is CCCC1=C(C2=C(OP(C)OC(CC)CC(C)C)C=CCC2)CCC=C1. The lowest BCUT2D eigenvalue weighted by molar-refractivity contribution is 0.168. The maximum atomic E-state index is 6.37. The molecule has 0 heterocycles. The molecule has 2 nitrogen and oxygen atoms in total. The molecule has 2 unspecified atom stereocenters. The van der Waals surface area contributed by atoms with E-state index < -0.39 is 8.38 Å². The molecule has 0 aromatic rings. The van der Waals surface area contributed by atoms with Gasteiger partial charge in [0.2, 0.25) is 8.38 Å². The smallest absolute Gasteiger partial charge is 0.227 e. The lowest BCUT2D eigenvalue weighted by Crippen LogP contribution is -2.13. The molecule has 2 aliphatic carbocycles. The van der Waals surface area contributed by atoms with Gasteiger partial charge >= 0.3 is 0 Å². The predicted molar refractivity (Wildman–Crippen MR) is 114 cm³/mol. The number of allylic oxidation sites excluding steroid dienone is 7. The standard InChI is InChI=1S/C23H37O2P/c1-6-12-19-13-8-9-14-21(19)22-15-10-11-16-23(22)25-26(5)24-20(7-2)17-18(3)4/h8,11,13,16,18,20H,6-7,9-10,12,14-15,17H2,1-5H3. The molecule has 2 rings (SSSR count). The van der Waals surface area contributed by atoms with E-state index in [0.717, 1.165) is 50.7 Å². The summed E-state index contributed by atoms with van der Waals surface area (Å²) in [7, 11) is -0.899. The summed E-state index contributed by atoms with van der Waals surface area (Å²) < 4.78 is 12.6. The molecule has 146 valence electrons. The molecule has 0 aromatic heterocycles. The van der Waals surface area contributed by atoms with E-state index in [1.807, 2.05) is 0 Å². The van der Waals surface area contributed by atoms with Gasteiger partial charge in [0.15, 0.2) is 0 Å². The van der Waals surface area contributed by atoms with Crippen LogP contribution in [-0.2, 0) is 9.05 Å². The average molecular weight is 377 g/mol. The van der Waals surface area contributed by atoms with E-state index in [2.05, 4.69) is 58.7 Å². The summed E-state index contributed by atoms with van der Waals surface area (Å²) >= 11 is 0. The summed E-state index contributed by atoms with van der Waals surface area (Å²) in [6.45, 7) is 11.1. The minimum Gasteiger partial charge on any atom is -0.447 e. The summed E-state index contributed by atoms with van der Waals surface area (Å²) in [5.41, 5.74) is 4.47. The maximum Gasteiger partial charge on any atom is 0.227 e. The van der Waals surface area contributed by atoms with Crippen molar-refractivity contribution in [1.29, 1.82) is 0 Å². The highest BCUT2D eigenvalue weighted by molar-refractivity contribution is 7.46. The lowest BCUT2D eigenvalue weighted by atomic mass is 9.85. The quantitative estimate of drug-likeness (QED) is 0.362. The Hall–Kier alpha value is -0.850. The summed E-state index contributed by atoms with van der Waals surface area (Å²) in [6, 6.07) is 0. The van der Waals surface area contributed by atoms with Gasteiger partial charge in [-0.25, -0.2) is 0 Å². The summed E-state index contributed by atoms with van der Waals surface area (Å²) in [5.74, 6) is 1.71. The molecule has 0 radical (unpaired) electrons. The Morgan fingerprint density at radius 1 is 1.04 bits per heavy atom. The normalized spacial score (nSPS) is 20.1. The second kappa shape index (κ2) is 11.1.